The number of nitrogens with two attached hydrogens (primary N) is 1. The SMILES string of the molecule is CC(C)(C)OC(=O)N1CCN(c2ccc(CO)cc2CN)CC1. The van der Waals surface area contributed by atoms with Gasteiger partial charge in [-0.25, -0.2) is 4.79 Å². The summed E-state index contributed by atoms with van der Waals surface area (Å²) in [6.07, 6.45) is -0.258. The number of rotatable bonds is 3. The van der Waals surface area contributed by atoms with Crippen molar-refractivity contribution in [2.45, 2.75) is 39.5 Å². The van der Waals surface area contributed by atoms with E-state index in [2.05, 4.69) is 4.90 Å². The Balaban J connectivity index is 2.00. The molecule has 1 fully saturated rings. The molecule has 0 saturated carbocycles. The maximum Gasteiger partial charge on any atom is 0.410 e. The van der Waals surface area contributed by atoms with E-state index in [-0.39, 0.29) is 12.7 Å². The zero-order valence-corrected chi connectivity index (χ0v) is 14.2. The van der Waals surface area contributed by atoms with Crippen LogP contribution in [-0.4, -0.2) is 47.9 Å². The number of carbonyl (C=O) groups excluding carboxylic acids is 1. The topological polar surface area (TPSA) is 79.0 Å². The molecular formula is C17H27N3O3. The van der Waals surface area contributed by atoms with Crippen LogP contribution in [0, 0.1) is 0 Å². The van der Waals surface area contributed by atoms with Crippen molar-refractivity contribution in [2.75, 3.05) is 31.1 Å². The smallest absolute Gasteiger partial charge is 0.410 e. The zero-order valence-electron chi connectivity index (χ0n) is 14.2. The van der Waals surface area contributed by atoms with Crippen molar-refractivity contribution in [1.29, 1.82) is 0 Å². The maximum absolute atomic E-state index is 12.1. The summed E-state index contributed by atoms with van der Waals surface area (Å²) in [5.41, 5.74) is 8.32. The number of anilines is 1. The Morgan fingerprint density at radius 1 is 1.26 bits per heavy atom. The first-order chi connectivity index (χ1) is 10.8. The van der Waals surface area contributed by atoms with Crippen LogP contribution >= 0.6 is 0 Å². The fourth-order valence-corrected chi connectivity index (χ4v) is 2.67. The van der Waals surface area contributed by atoms with Crippen LogP contribution < -0.4 is 10.6 Å². The number of hydrogen-bond acceptors (Lipinski definition) is 5. The summed E-state index contributed by atoms with van der Waals surface area (Å²) in [5.74, 6) is 0. The molecule has 0 radical (unpaired) electrons. The minimum atomic E-state index is -0.471. The van der Waals surface area contributed by atoms with E-state index >= 15 is 0 Å². The van der Waals surface area contributed by atoms with E-state index < -0.39 is 5.60 Å². The number of ether oxygens (including phenoxy) is 1. The lowest BCUT2D eigenvalue weighted by atomic mass is 10.1. The highest BCUT2D eigenvalue weighted by Gasteiger charge is 2.26. The van der Waals surface area contributed by atoms with E-state index in [1.807, 2.05) is 39.0 Å². The van der Waals surface area contributed by atoms with Gasteiger partial charge in [0.25, 0.3) is 0 Å². The predicted octanol–water partition coefficient (Wildman–Crippen LogP) is 1.69. The number of amides is 1. The highest BCUT2D eigenvalue weighted by molar-refractivity contribution is 5.69. The van der Waals surface area contributed by atoms with Crippen LogP contribution in [0.3, 0.4) is 0 Å². The largest absolute Gasteiger partial charge is 0.444 e. The molecular weight excluding hydrogens is 294 g/mol. The van der Waals surface area contributed by atoms with Crippen LogP contribution in [0.15, 0.2) is 18.2 Å². The molecule has 6 heteroatoms. The molecule has 0 aromatic heterocycles. The lowest BCUT2D eigenvalue weighted by molar-refractivity contribution is 0.0240. The van der Waals surface area contributed by atoms with Crippen LogP contribution in [0.1, 0.15) is 31.9 Å². The monoisotopic (exact) mass is 321 g/mol. The predicted molar refractivity (Wildman–Crippen MR) is 90.3 cm³/mol. The van der Waals surface area contributed by atoms with Crippen molar-refractivity contribution in [1.82, 2.24) is 4.90 Å². The number of aliphatic hydroxyl groups is 1. The molecule has 0 unspecified atom stereocenters. The first-order valence-electron chi connectivity index (χ1n) is 7.99. The quantitative estimate of drug-likeness (QED) is 0.886. The number of piperazine rings is 1. The Hall–Kier alpha value is -1.79. The van der Waals surface area contributed by atoms with E-state index in [1.54, 1.807) is 4.90 Å². The second kappa shape index (κ2) is 7.19. The van der Waals surface area contributed by atoms with Gasteiger partial charge in [0.05, 0.1) is 6.61 Å². The van der Waals surface area contributed by atoms with Crippen molar-refractivity contribution in [2.24, 2.45) is 5.73 Å². The Kier molecular flexibility index (Phi) is 5.49. The highest BCUT2D eigenvalue weighted by atomic mass is 16.6. The first-order valence-corrected chi connectivity index (χ1v) is 7.99. The molecule has 128 valence electrons. The van der Waals surface area contributed by atoms with Crippen LogP contribution in [-0.2, 0) is 17.9 Å². The van der Waals surface area contributed by atoms with E-state index in [0.29, 0.717) is 19.6 Å². The van der Waals surface area contributed by atoms with Gasteiger partial charge >= 0.3 is 6.09 Å². The molecule has 0 atom stereocenters. The Morgan fingerprint density at radius 3 is 2.43 bits per heavy atom. The molecule has 3 N–H and O–H groups in total. The molecule has 0 spiro atoms. The summed E-state index contributed by atoms with van der Waals surface area (Å²) in [7, 11) is 0. The van der Waals surface area contributed by atoms with Crippen LogP contribution in [0.25, 0.3) is 0 Å². The van der Waals surface area contributed by atoms with Crippen LogP contribution in [0.2, 0.25) is 0 Å². The third-order valence-electron chi connectivity index (χ3n) is 3.82. The number of nitrogens with zero attached hydrogens (tertiary/aromatic N) is 2. The lowest BCUT2D eigenvalue weighted by Crippen LogP contribution is -2.50. The van der Waals surface area contributed by atoms with Gasteiger partial charge in [0.2, 0.25) is 0 Å². The Morgan fingerprint density at radius 2 is 1.91 bits per heavy atom. The van der Waals surface area contributed by atoms with Crippen molar-refractivity contribution >= 4 is 11.8 Å². The van der Waals surface area contributed by atoms with Gasteiger partial charge in [0, 0.05) is 38.4 Å². The number of hydrogen-bond donors (Lipinski definition) is 2. The average Bonchev–Trinajstić information content (AvgIpc) is 2.52. The molecule has 1 aromatic carbocycles. The molecule has 1 aromatic rings. The zero-order chi connectivity index (χ0) is 17.0. The van der Waals surface area contributed by atoms with Gasteiger partial charge in [0.15, 0.2) is 0 Å². The number of benzene rings is 1. The molecule has 2 rings (SSSR count). The summed E-state index contributed by atoms with van der Waals surface area (Å²) in [5, 5.41) is 9.23. The summed E-state index contributed by atoms with van der Waals surface area (Å²) >= 11 is 0. The van der Waals surface area contributed by atoms with Gasteiger partial charge < -0.3 is 25.4 Å². The summed E-state index contributed by atoms with van der Waals surface area (Å²) < 4.78 is 5.41. The fourth-order valence-electron chi connectivity index (χ4n) is 2.67. The van der Waals surface area contributed by atoms with E-state index in [1.165, 1.54) is 0 Å². The van der Waals surface area contributed by atoms with Crippen LogP contribution in [0.5, 0.6) is 0 Å². The average molecular weight is 321 g/mol. The van der Waals surface area contributed by atoms with Gasteiger partial charge in [-0.15, -0.1) is 0 Å². The molecule has 1 aliphatic heterocycles. The third-order valence-corrected chi connectivity index (χ3v) is 3.82. The highest BCUT2D eigenvalue weighted by Crippen LogP contribution is 2.24. The molecule has 6 nitrogen and oxygen atoms in total. The van der Waals surface area contributed by atoms with Gasteiger partial charge in [-0.2, -0.15) is 0 Å². The third kappa shape index (κ3) is 4.59. The Bertz CT molecular complexity index is 547. The van der Waals surface area contributed by atoms with E-state index in [0.717, 1.165) is 29.9 Å². The lowest BCUT2D eigenvalue weighted by Gasteiger charge is -2.37. The van der Waals surface area contributed by atoms with Gasteiger partial charge in [-0.3, -0.25) is 0 Å². The normalized spacial score (nSPS) is 15.7. The molecule has 1 saturated heterocycles. The minimum Gasteiger partial charge on any atom is -0.444 e. The van der Waals surface area contributed by atoms with Gasteiger partial charge in [-0.1, -0.05) is 12.1 Å². The summed E-state index contributed by atoms with van der Waals surface area (Å²) in [6, 6.07) is 5.85. The van der Waals surface area contributed by atoms with E-state index in [9.17, 15) is 9.90 Å². The molecule has 1 heterocycles. The first kappa shape index (κ1) is 17.6. The van der Waals surface area contributed by atoms with E-state index in [4.69, 9.17) is 10.5 Å². The molecule has 23 heavy (non-hydrogen) atoms. The molecule has 1 aliphatic rings. The minimum absolute atomic E-state index is 0.0136. The molecule has 0 bridgehead atoms. The van der Waals surface area contributed by atoms with Crippen molar-refractivity contribution in [3.05, 3.63) is 29.3 Å². The van der Waals surface area contributed by atoms with Gasteiger partial charge in [0.1, 0.15) is 5.60 Å². The standard InChI is InChI=1S/C17H27N3O3/c1-17(2,3)23-16(22)20-8-6-19(7-9-20)15-5-4-13(12-21)10-14(15)11-18/h4-5,10,21H,6-9,11-12,18H2,1-3H3. The van der Waals surface area contributed by atoms with Crippen molar-refractivity contribution in [3.63, 3.8) is 0 Å². The van der Waals surface area contributed by atoms with Crippen LogP contribution in [0.4, 0.5) is 10.5 Å². The summed E-state index contributed by atoms with van der Waals surface area (Å²) in [4.78, 5) is 16.1. The molecule has 0 aliphatic carbocycles. The second-order valence-corrected chi connectivity index (χ2v) is 6.78. The fraction of sp³-hybridized carbons (Fsp3) is 0.588. The van der Waals surface area contributed by atoms with Crippen molar-refractivity contribution in [3.8, 4) is 0 Å². The molecule has 1 amide bonds. The number of carbonyl (C=O) groups is 1. The number of aliphatic hydroxyl groups excluding tert-OH is 1. The Labute approximate surface area is 137 Å². The maximum atomic E-state index is 12.1. The van der Waals surface area contributed by atoms with Gasteiger partial charge in [-0.05, 0) is 38.0 Å². The summed E-state index contributed by atoms with van der Waals surface area (Å²) in [6.45, 7) is 8.79. The van der Waals surface area contributed by atoms with Crippen molar-refractivity contribution < 1.29 is 14.6 Å². The second-order valence-electron chi connectivity index (χ2n) is 6.78.